The van der Waals surface area contributed by atoms with Gasteiger partial charge in [0.2, 0.25) is 0 Å². The summed E-state index contributed by atoms with van der Waals surface area (Å²) in [7, 11) is 0. The van der Waals surface area contributed by atoms with Crippen molar-refractivity contribution in [1.82, 2.24) is 0 Å². The smallest absolute Gasteiger partial charge is 0.194 e. The Balaban J connectivity index is 1.94. The van der Waals surface area contributed by atoms with Gasteiger partial charge >= 0.3 is 0 Å². The highest BCUT2D eigenvalue weighted by atomic mass is 19.2. The van der Waals surface area contributed by atoms with Crippen LogP contribution in [0.3, 0.4) is 0 Å². The summed E-state index contributed by atoms with van der Waals surface area (Å²) in [6.07, 6.45) is 0.638. The van der Waals surface area contributed by atoms with E-state index in [4.69, 9.17) is 9.47 Å². The normalized spacial score (nSPS) is 20.3. The molecule has 1 N–H and O–H groups in total. The van der Waals surface area contributed by atoms with Crippen LogP contribution in [0, 0.1) is 17.5 Å². The molecule has 0 aliphatic carbocycles. The maximum atomic E-state index is 12.9. The first-order chi connectivity index (χ1) is 8.16. The molecule has 0 saturated carbocycles. The molecule has 6 heteroatoms. The average Bonchev–Trinajstić information content (AvgIpc) is 2.34. The molecular weight excluding hydrogens is 235 g/mol. The molecule has 94 valence electrons. The summed E-state index contributed by atoms with van der Waals surface area (Å²) < 4.78 is 48.7. The van der Waals surface area contributed by atoms with E-state index in [9.17, 15) is 13.2 Å². The number of rotatable bonds is 3. The zero-order valence-electron chi connectivity index (χ0n) is 9.01. The number of halogens is 3. The third-order valence-corrected chi connectivity index (χ3v) is 2.49. The maximum Gasteiger partial charge on any atom is 0.194 e. The zero-order valence-corrected chi connectivity index (χ0v) is 9.01. The summed E-state index contributed by atoms with van der Waals surface area (Å²) in [6, 6.07) is 1.83. The van der Waals surface area contributed by atoms with Crippen molar-refractivity contribution >= 4 is 5.69 Å². The highest BCUT2D eigenvalue weighted by Gasteiger charge is 2.15. The standard InChI is InChI=1S/C11H12F3NO2/c12-9-3-7(4-10(13)11(9)14)15-5-8-1-2-16-6-17-8/h3-4,8,15H,1-2,5-6H2. The van der Waals surface area contributed by atoms with E-state index in [0.29, 0.717) is 19.6 Å². The van der Waals surface area contributed by atoms with Gasteiger partial charge in [-0.05, 0) is 6.42 Å². The summed E-state index contributed by atoms with van der Waals surface area (Å²) in [4.78, 5) is 0. The SMILES string of the molecule is Fc1cc(NCC2CCOCO2)cc(F)c1F. The van der Waals surface area contributed by atoms with Crippen LogP contribution in [0.5, 0.6) is 0 Å². The molecule has 0 radical (unpaired) electrons. The molecular formula is C11H12F3NO2. The van der Waals surface area contributed by atoms with Gasteiger partial charge in [-0.15, -0.1) is 0 Å². The van der Waals surface area contributed by atoms with Gasteiger partial charge in [-0.25, -0.2) is 13.2 Å². The van der Waals surface area contributed by atoms with E-state index in [1.54, 1.807) is 0 Å². The van der Waals surface area contributed by atoms with Crippen LogP contribution in [0.1, 0.15) is 6.42 Å². The molecule has 1 aromatic carbocycles. The van der Waals surface area contributed by atoms with Crippen LogP contribution in [0.15, 0.2) is 12.1 Å². The first kappa shape index (κ1) is 12.2. The molecule has 1 unspecified atom stereocenters. The van der Waals surface area contributed by atoms with Gasteiger partial charge in [0.25, 0.3) is 0 Å². The van der Waals surface area contributed by atoms with Gasteiger partial charge < -0.3 is 14.8 Å². The lowest BCUT2D eigenvalue weighted by Crippen LogP contribution is -2.30. The largest absolute Gasteiger partial charge is 0.382 e. The fraction of sp³-hybridized carbons (Fsp3) is 0.455. The van der Waals surface area contributed by atoms with Crippen molar-refractivity contribution in [2.24, 2.45) is 0 Å². The topological polar surface area (TPSA) is 30.5 Å². The lowest BCUT2D eigenvalue weighted by molar-refractivity contribution is -0.133. The van der Waals surface area contributed by atoms with Gasteiger partial charge in [-0.1, -0.05) is 0 Å². The third-order valence-electron chi connectivity index (χ3n) is 2.49. The second-order valence-corrected chi connectivity index (χ2v) is 3.74. The molecule has 1 aliphatic rings. The predicted octanol–water partition coefficient (Wildman–Crippen LogP) is 2.28. The monoisotopic (exact) mass is 247 g/mol. The molecule has 1 heterocycles. The summed E-state index contributed by atoms with van der Waals surface area (Å²) in [6.45, 7) is 1.21. The molecule has 0 bridgehead atoms. The second-order valence-electron chi connectivity index (χ2n) is 3.74. The summed E-state index contributed by atoms with van der Waals surface area (Å²) in [5.41, 5.74) is 0.191. The third kappa shape index (κ3) is 3.10. The van der Waals surface area contributed by atoms with Crippen LogP contribution >= 0.6 is 0 Å². The number of nitrogens with one attached hydrogen (secondary N) is 1. The van der Waals surface area contributed by atoms with Crippen LogP contribution < -0.4 is 5.32 Å². The van der Waals surface area contributed by atoms with Gasteiger partial charge in [-0.3, -0.25) is 0 Å². The summed E-state index contributed by atoms with van der Waals surface area (Å²) in [5.74, 6) is -3.88. The molecule has 1 saturated heterocycles. The Morgan fingerprint density at radius 2 is 1.94 bits per heavy atom. The van der Waals surface area contributed by atoms with Crippen LogP contribution in [0.2, 0.25) is 0 Å². The molecule has 1 fully saturated rings. The quantitative estimate of drug-likeness (QED) is 0.831. The van der Waals surface area contributed by atoms with Gasteiger partial charge in [0.05, 0.1) is 12.7 Å². The van der Waals surface area contributed by atoms with E-state index in [-0.39, 0.29) is 18.6 Å². The van der Waals surface area contributed by atoms with Crippen LogP contribution in [-0.2, 0) is 9.47 Å². The van der Waals surface area contributed by atoms with E-state index >= 15 is 0 Å². The van der Waals surface area contributed by atoms with Gasteiger partial charge in [0.15, 0.2) is 17.5 Å². The maximum absolute atomic E-state index is 12.9. The molecule has 0 amide bonds. The van der Waals surface area contributed by atoms with Crippen molar-refractivity contribution in [2.75, 3.05) is 25.3 Å². The molecule has 1 aromatic rings. The van der Waals surface area contributed by atoms with E-state index in [1.807, 2.05) is 0 Å². The van der Waals surface area contributed by atoms with Gasteiger partial charge in [0, 0.05) is 24.4 Å². The number of ether oxygens (including phenoxy) is 2. The van der Waals surface area contributed by atoms with Crippen molar-refractivity contribution in [1.29, 1.82) is 0 Å². The fourth-order valence-corrected chi connectivity index (χ4v) is 1.55. The predicted molar refractivity (Wildman–Crippen MR) is 55.1 cm³/mol. The second kappa shape index (κ2) is 5.37. The van der Waals surface area contributed by atoms with Crippen molar-refractivity contribution in [3.05, 3.63) is 29.6 Å². The van der Waals surface area contributed by atoms with Gasteiger partial charge in [-0.2, -0.15) is 0 Å². The molecule has 0 spiro atoms. The van der Waals surface area contributed by atoms with E-state index < -0.39 is 17.5 Å². The van der Waals surface area contributed by atoms with E-state index in [1.165, 1.54) is 0 Å². The fourth-order valence-electron chi connectivity index (χ4n) is 1.55. The number of benzene rings is 1. The Hall–Kier alpha value is -1.27. The minimum atomic E-state index is -1.46. The van der Waals surface area contributed by atoms with Crippen molar-refractivity contribution in [2.45, 2.75) is 12.5 Å². The molecule has 3 nitrogen and oxygen atoms in total. The molecule has 17 heavy (non-hydrogen) atoms. The summed E-state index contributed by atoms with van der Waals surface area (Å²) >= 11 is 0. The lowest BCUT2D eigenvalue weighted by Gasteiger charge is -2.23. The van der Waals surface area contributed by atoms with Crippen molar-refractivity contribution in [3.8, 4) is 0 Å². The van der Waals surface area contributed by atoms with E-state index in [0.717, 1.165) is 12.1 Å². The number of hydrogen-bond acceptors (Lipinski definition) is 3. The molecule has 1 atom stereocenters. The molecule has 2 rings (SSSR count). The summed E-state index contributed by atoms with van der Waals surface area (Å²) in [5, 5.41) is 2.80. The first-order valence-electron chi connectivity index (χ1n) is 5.24. The van der Waals surface area contributed by atoms with Crippen LogP contribution in [0.4, 0.5) is 18.9 Å². The zero-order chi connectivity index (χ0) is 12.3. The number of hydrogen-bond donors (Lipinski definition) is 1. The average molecular weight is 247 g/mol. The Kier molecular flexibility index (Phi) is 3.86. The highest BCUT2D eigenvalue weighted by Crippen LogP contribution is 2.18. The van der Waals surface area contributed by atoms with E-state index in [2.05, 4.69) is 5.32 Å². The number of anilines is 1. The van der Waals surface area contributed by atoms with Gasteiger partial charge in [0.1, 0.15) is 6.79 Å². The van der Waals surface area contributed by atoms with Crippen LogP contribution in [-0.4, -0.2) is 26.0 Å². The Morgan fingerprint density at radius 3 is 2.53 bits per heavy atom. The molecule has 1 aliphatic heterocycles. The Labute approximate surface area is 96.5 Å². The minimum Gasteiger partial charge on any atom is -0.382 e. The van der Waals surface area contributed by atoms with Crippen molar-refractivity contribution in [3.63, 3.8) is 0 Å². The molecule has 0 aromatic heterocycles. The minimum absolute atomic E-state index is 0.0695. The highest BCUT2D eigenvalue weighted by molar-refractivity contribution is 5.44. The first-order valence-corrected chi connectivity index (χ1v) is 5.24. The van der Waals surface area contributed by atoms with Crippen molar-refractivity contribution < 1.29 is 22.6 Å². The Bertz CT molecular complexity index is 371. The lowest BCUT2D eigenvalue weighted by atomic mass is 10.2. The van der Waals surface area contributed by atoms with Crippen LogP contribution in [0.25, 0.3) is 0 Å². The Morgan fingerprint density at radius 1 is 1.24 bits per heavy atom.